The summed E-state index contributed by atoms with van der Waals surface area (Å²) < 4.78 is 1.79. The monoisotopic (exact) mass is 220 g/mol. The number of nitrogens with one attached hydrogen (secondary N) is 2. The Labute approximate surface area is 94.1 Å². The Hall–Kier alpha value is -1.69. The van der Waals surface area contributed by atoms with Crippen LogP contribution in [0.3, 0.4) is 0 Å². The normalized spacial score (nSPS) is 11.2. The van der Waals surface area contributed by atoms with Gasteiger partial charge < -0.3 is 5.32 Å². The van der Waals surface area contributed by atoms with Gasteiger partial charge in [-0.05, 0) is 6.07 Å². The van der Waals surface area contributed by atoms with Gasteiger partial charge >= 0.3 is 0 Å². The average Bonchev–Trinajstić information content (AvgIpc) is 2.82. The van der Waals surface area contributed by atoms with E-state index in [1.165, 1.54) is 0 Å². The first kappa shape index (κ1) is 10.8. The van der Waals surface area contributed by atoms with Crippen LogP contribution < -0.4 is 5.32 Å². The van der Waals surface area contributed by atoms with Gasteiger partial charge in [0.15, 0.2) is 0 Å². The van der Waals surface area contributed by atoms with Crippen molar-refractivity contribution < 1.29 is 0 Å². The summed E-state index contributed by atoms with van der Waals surface area (Å²) in [5.74, 6) is 0. The number of rotatable bonds is 4. The lowest BCUT2D eigenvalue weighted by atomic mass is 10.2. The Morgan fingerprint density at radius 1 is 1.44 bits per heavy atom. The summed E-state index contributed by atoms with van der Waals surface area (Å²) in [7, 11) is 1.89. The molecule has 0 aliphatic rings. The maximum Gasteiger partial charge on any atom is 0.135 e. The lowest BCUT2D eigenvalue weighted by Crippen LogP contribution is -2.22. The van der Waals surface area contributed by atoms with Gasteiger partial charge in [0.2, 0.25) is 0 Å². The third kappa shape index (κ3) is 2.11. The summed E-state index contributed by atoms with van der Waals surface area (Å²) >= 11 is 0. The molecule has 0 atom stereocenters. The Morgan fingerprint density at radius 3 is 2.88 bits per heavy atom. The molecule has 2 aromatic rings. The zero-order valence-corrected chi connectivity index (χ0v) is 9.73. The maximum atomic E-state index is 4.16. The molecule has 0 aliphatic carbocycles. The van der Waals surface area contributed by atoms with Gasteiger partial charge in [0.05, 0.1) is 5.69 Å². The second-order valence-corrected chi connectivity index (χ2v) is 3.99. The molecule has 0 saturated heterocycles. The number of hydrogen-bond acceptors (Lipinski definition) is 4. The second-order valence-electron chi connectivity index (χ2n) is 3.99. The van der Waals surface area contributed by atoms with E-state index in [-0.39, 0.29) is 0 Å². The van der Waals surface area contributed by atoms with Crippen LogP contribution in [0.2, 0.25) is 0 Å². The zero-order chi connectivity index (χ0) is 11.5. The van der Waals surface area contributed by atoms with Gasteiger partial charge in [-0.25, -0.2) is 0 Å². The van der Waals surface area contributed by atoms with Crippen molar-refractivity contribution in [3.8, 4) is 11.4 Å². The standard InChI is InChI=1S/C10H16N6/c1-7(2)11-6-8-10(14-15-13-8)9-4-5-12-16(9)3/h4-5,7,11H,6H2,1-3H3,(H,13,14,15). The Balaban J connectivity index is 2.23. The van der Waals surface area contributed by atoms with Crippen molar-refractivity contribution in [1.82, 2.24) is 30.5 Å². The van der Waals surface area contributed by atoms with E-state index >= 15 is 0 Å². The minimum atomic E-state index is 0.427. The molecular weight excluding hydrogens is 204 g/mol. The molecule has 0 radical (unpaired) electrons. The molecule has 2 N–H and O–H groups in total. The highest BCUT2D eigenvalue weighted by Gasteiger charge is 2.13. The molecule has 16 heavy (non-hydrogen) atoms. The molecule has 6 nitrogen and oxygen atoms in total. The van der Waals surface area contributed by atoms with Gasteiger partial charge in [-0.15, -0.1) is 0 Å². The van der Waals surface area contributed by atoms with E-state index in [9.17, 15) is 0 Å². The van der Waals surface area contributed by atoms with E-state index in [0.29, 0.717) is 12.6 Å². The maximum absolute atomic E-state index is 4.16. The fourth-order valence-corrected chi connectivity index (χ4v) is 1.49. The summed E-state index contributed by atoms with van der Waals surface area (Å²) in [6.45, 7) is 4.91. The Morgan fingerprint density at radius 2 is 2.25 bits per heavy atom. The smallest absolute Gasteiger partial charge is 0.135 e. The van der Waals surface area contributed by atoms with E-state index < -0.39 is 0 Å². The summed E-state index contributed by atoms with van der Waals surface area (Å²) in [5, 5.41) is 18.4. The molecule has 2 rings (SSSR count). The Bertz CT molecular complexity index is 455. The van der Waals surface area contributed by atoms with Gasteiger partial charge in [0.25, 0.3) is 0 Å². The van der Waals surface area contributed by atoms with Crippen molar-refractivity contribution in [2.24, 2.45) is 7.05 Å². The number of nitrogens with zero attached hydrogens (tertiary/aromatic N) is 4. The molecule has 0 fully saturated rings. The first-order valence-electron chi connectivity index (χ1n) is 5.30. The summed E-state index contributed by atoms with van der Waals surface area (Å²) in [6.07, 6.45) is 1.75. The molecule has 0 saturated carbocycles. The van der Waals surface area contributed by atoms with E-state index in [1.54, 1.807) is 10.9 Å². The first-order chi connectivity index (χ1) is 7.68. The van der Waals surface area contributed by atoms with E-state index in [2.05, 4.69) is 39.7 Å². The fraction of sp³-hybridized carbons (Fsp3) is 0.500. The molecule has 2 aromatic heterocycles. The third-order valence-corrected chi connectivity index (χ3v) is 2.36. The highest BCUT2D eigenvalue weighted by molar-refractivity contribution is 5.56. The average molecular weight is 220 g/mol. The summed E-state index contributed by atoms with van der Waals surface area (Å²) in [5.41, 5.74) is 2.74. The van der Waals surface area contributed by atoms with Crippen LogP contribution >= 0.6 is 0 Å². The number of aromatic nitrogens is 5. The van der Waals surface area contributed by atoms with Crippen LogP contribution in [-0.4, -0.2) is 31.2 Å². The number of aryl methyl sites for hydroxylation is 1. The number of aromatic amines is 1. The second kappa shape index (κ2) is 4.44. The van der Waals surface area contributed by atoms with Gasteiger partial charge in [0, 0.05) is 25.8 Å². The quantitative estimate of drug-likeness (QED) is 0.795. The van der Waals surface area contributed by atoms with Crippen LogP contribution in [-0.2, 0) is 13.6 Å². The molecule has 0 spiro atoms. The summed E-state index contributed by atoms with van der Waals surface area (Å²) in [4.78, 5) is 0. The topological polar surface area (TPSA) is 71.4 Å². The lowest BCUT2D eigenvalue weighted by molar-refractivity contribution is 0.581. The minimum Gasteiger partial charge on any atom is -0.309 e. The van der Waals surface area contributed by atoms with Gasteiger partial charge in [0.1, 0.15) is 11.4 Å². The van der Waals surface area contributed by atoms with Crippen LogP contribution in [0.1, 0.15) is 19.5 Å². The molecule has 0 aromatic carbocycles. The van der Waals surface area contributed by atoms with Crippen LogP contribution in [0, 0.1) is 0 Å². The minimum absolute atomic E-state index is 0.427. The van der Waals surface area contributed by atoms with Gasteiger partial charge in [-0.1, -0.05) is 13.8 Å². The zero-order valence-electron chi connectivity index (χ0n) is 9.73. The van der Waals surface area contributed by atoms with Crippen molar-refractivity contribution in [3.05, 3.63) is 18.0 Å². The van der Waals surface area contributed by atoms with Crippen LogP contribution in [0.5, 0.6) is 0 Å². The molecular formula is C10H16N6. The first-order valence-corrected chi connectivity index (χ1v) is 5.30. The predicted molar refractivity (Wildman–Crippen MR) is 60.6 cm³/mol. The molecule has 6 heteroatoms. The van der Waals surface area contributed by atoms with Gasteiger partial charge in [-0.2, -0.15) is 20.5 Å². The third-order valence-electron chi connectivity index (χ3n) is 2.36. The molecule has 0 bridgehead atoms. The van der Waals surface area contributed by atoms with Crippen LogP contribution in [0.4, 0.5) is 0 Å². The molecule has 0 amide bonds. The van der Waals surface area contributed by atoms with Crippen molar-refractivity contribution in [3.63, 3.8) is 0 Å². The molecule has 0 aliphatic heterocycles. The molecule has 0 unspecified atom stereocenters. The number of hydrogen-bond donors (Lipinski definition) is 2. The highest BCUT2D eigenvalue weighted by Crippen LogP contribution is 2.17. The molecule has 2 heterocycles. The molecule has 86 valence electrons. The fourth-order valence-electron chi connectivity index (χ4n) is 1.49. The van der Waals surface area contributed by atoms with Crippen molar-refractivity contribution in [1.29, 1.82) is 0 Å². The number of H-pyrrole nitrogens is 1. The predicted octanol–water partition coefficient (Wildman–Crippen LogP) is 0.703. The SMILES string of the molecule is CC(C)NCc1n[nH]nc1-c1ccnn1C. The van der Waals surface area contributed by atoms with E-state index in [4.69, 9.17) is 0 Å². The van der Waals surface area contributed by atoms with Crippen LogP contribution in [0.25, 0.3) is 11.4 Å². The van der Waals surface area contributed by atoms with Crippen molar-refractivity contribution in [2.45, 2.75) is 26.4 Å². The van der Waals surface area contributed by atoms with E-state index in [1.807, 2.05) is 13.1 Å². The van der Waals surface area contributed by atoms with E-state index in [0.717, 1.165) is 17.1 Å². The van der Waals surface area contributed by atoms with Crippen molar-refractivity contribution in [2.75, 3.05) is 0 Å². The van der Waals surface area contributed by atoms with Gasteiger partial charge in [-0.3, -0.25) is 4.68 Å². The van der Waals surface area contributed by atoms with Crippen molar-refractivity contribution >= 4 is 0 Å². The largest absolute Gasteiger partial charge is 0.309 e. The Kier molecular flexibility index (Phi) is 3.00. The summed E-state index contributed by atoms with van der Waals surface area (Å²) in [6, 6.07) is 2.35. The highest BCUT2D eigenvalue weighted by atomic mass is 15.4. The lowest BCUT2D eigenvalue weighted by Gasteiger charge is -2.06. The van der Waals surface area contributed by atoms with Crippen LogP contribution in [0.15, 0.2) is 12.3 Å².